The van der Waals surface area contributed by atoms with Crippen molar-refractivity contribution >= 4 is 44.8 Å². The first-order valence-corrected chi connectivity index (χ1v) is 14.3. The summed E-state index contributed by atoms with van der Waals surface area (Å²) >= 11 is 18.4. The van der Waals surface area contributed by atoms with Crippen LogP contribution in [0.15, 0.2) is 35.2 Å². The SMILES string of the molecule is CC(C)c1ccc2c(c1)CC[C@H]1[C@](C)(CNS(=O)(=O)c3c(Cl)cc(Cl)cc3Cl)CCC[C@]21C. The van der Waals surface area contributed by atoms with Gasteiger partial charge in [0.05, 0.1) is 10.0 Å². The standard InChI is InChI=1S/C26H32Cl3NO2S/c1-16(2)17-6-8-20-18(12-17)7-9-23-25(3,10-5-11-26(20,23)4)15-30-33(31,32)24-21(28)13-19(27)14-22(24)29/h6,8,12-14,16,23,30H,5,7,9-11,15H2,1-4H3/t23-,25-,26+/m0/s1. The molecule has 0 aromatic heterocycles. The first kappa shape index (κ1) is 25.3. The number of rotatable bonds is 5. The fourth-order valence-corrected chi connectivity index (χ4v) is 9.05. The van der Waals surface area contributed by atoms with Gasteiger partial charge >= 0.3 is 0 Å². The Hall–Kier alpha value is -0.780. The van der Waals surface area contributed by atoms with Gasteiger partial charge in [0.25, 0.3) is 0 Å². The molecule has 3 nitrogen and oxygen atoms in total. The van der Waals surface area contributed by atoms with Crippen LogP contribution >= 0.6 is 34.8 Å². The maximum atomic E-state index is 13.2. The van der Waals surface area contributed by atoms with E-state index in [0.29, 0.717) is 23.4 Å². The Morgan fingerprint density at radius 3 is 2.36 bits per heavy atom. The molecule has 0 aliphatic heterocycles. The molecule has 0 heterocycles. The molecule has 2 aliphatic rings. The van der Waals surface area contributed by atoms with Crippen LogP contribution in [0, 0.1) is 11.3 Å². The summed E-state index contributed by atoms with van der Waals surface area (Å²) in [5, 5.41) is 0.373. The molecule has 1 saturated carbocycles. The van der Waals surface area contributed by atoms with Gasteiger partial charge in [0, 0.05) is 11.6 Å². The van der Waals surface area contributed by atoms with E-state index in [2.05, 4.69) is 50.6 Å². The summed E-state index contributed by atoms with van der Waals surface area (Å²) in [6.45, 7) is 9.43. The Morgan fingerprint density at radius 1 is 1.06 bits per heavy atom. The summed E-state index contributed by atoms with van der Waals surface area (Å²) in [6.07, 6.45) is 5.28. The number of hydrogen-bond acceptors (Lipinski definition) is 2. The average molecular weight is 529 g/mol. The average Bonchev–Trinajstić information content (AvgIpc) is 2.71. The lowest BCUT2D eigenvalue weighted by molar-refractivity contribution is 0.0299. The monoisotopic (exact) mass is 527 g/mol. The van der Waals surface area contributed by atoms with E-state index in [1.54, 1.807) is 0 Å². The Bertz CT molecular complexity index is 1160. The minimum absolute atomic E-state index is 0.0335. The molecule has 0 bridgehead atoms. The minimum atomic E-state index is -3.88. The highest BCUT2D eigenvalue weighted by atomic mass is 35.5. The van der Waals surface area contributed by atoms with E-state index < -0.39 is 10.0 Å². The number of benzene rings is 2. The predicted octanol–water partition coefficient (Wildman–Crippen LogP) is 7.76. The van der Waals surface area contributed by atoms with Crippen molar-refractivity contribution in [1.82, 2.24) is 4.72 Å². The van der Waals surface area contributed by atoms with Crippen molar-refractivity contribution in [1.29, 1.82) is 0 Å². The topological polar surface area (TPSA) is 46.2 Å². The number of aryl methyl sites for hydroxylation is 1. The second-order valence-electron chi connectivity index (χ2n) is 10.6. The molecule has 33 heavy (non-hydrogen) atoms. The number of fused-ring (bicyclic) bond motifs is 3. The van der Waals surface area contributed by atoms with E-state index in [4.69, 9.17) is 34.8 Å². The van der Waals surface area contributed by atoms with E-state index in [-0.39, 0.29) is 25.8 Å². The summed E-state index contributed by atoms with van der Waals surface area (Å²) in [6, 6.07) is 9.82. The van der Waals surface area contributed by atoms with Crippen LogP contribution in [0.4, 0.5) is 0 Å². The molecule has 0 spiro atoms. The van der Waals surface area contributed by atoms with Crippen LogP contribution in [0.3, 0.4) is 0 Å². The zero-order valence-corrected chi connectivity index (χ0v) is 22.7. The number of sulfonamides is 1. The fourth-order valence-electron chi connectivity index (χ4n) is 6.33. The van der Waals surface area contributed by atoms with Gasteiger partial charge in [-0.25, -0.2) is 13.1 Å². The van der Waals surface area contributed by atoms with Gasteiger partial charge in [0.1, 0.15) is 4.90 Å². The first-order valence-electron chi connectivity index (χ1n) is 11.6. The molecule has 3 atom stereocenters. The van der Waals surface area contributed by atoms with Crippen LogP contribution in [0.25, 0.3) is 0 Å². The van der Waals surface area contributed by atoms with E-state index in [1.807, 2.05) is 0 Å². The molecule has 0 amide bonds. The minimum Gasteiger partial charge on any atom is -0.210 e. The highest BCUT2D eigenvalue weighted by molar-refractivity contribution is 7.89. The maximum absolute atomic E-state index is 13.2. The van der Waals surface area contributed by atoms with Gasteiger partial charge in [-0.15, -0.1) is 0 Å². The third kappa shape index (κ3) is 4.59. The van der Waals surface area contributed by atoms with E-state index >= 15 is 0 Å². The van der Waals surface area contributed by atoms with Crippen LogP contribution in [0.2, 0.25) is 15.1 Å². The molecule has 2 aromatic rings. The van der Waals surface area contributed by atoms with Gasteiger partial charge in [0.2, 0.25) is 10.0 Å². The van der Waals surface area contributed by atoms with Gasteiger partial charge in [-0.1, -0.05) is 87.1 Å². The van der Waals surface area contributed by atoms with Crippen molar-refractivity contribution in [2.24, 2.45) is 11.3 Å². The highest BCUT2D eigenvalue weighted by Crippen LogP contribution is 2.57. The van der Waals surface area contributed by atoms with Gasteiger partial charge < -0.3 is 0 Å². The van der Waals surface area contributed by atoms with Crippen molar-refractivity contribution in [3.05, 3.63) is 62.1 Å². The third-order valence-electron chi connectivity index (χ3n) is 8.07. The normalized spacial score (nSPS) is 27.3. The number of nitrogens with one attached hydrogen (secondary N) is 1. The lowest BCUT2D eigenvalue weighted by atomic mass is 9.50. The van der Waals surface area contributed by atoms with E-state index in [1.165, 1.54) is 28.8 Å². The molecule has 0 unspecified atom stereocenters. The number of halogens is 3. The van der Waals surface area contributed by atoms with Gasteiger partial charge in [-0.2, -0.15) is 0 Å². The Kier molecular flexibility index (Phi) is 6.92. The molecule has 7 heteroatoms. The Morgan fingerprint density at radius 2 is 1.73 bits per heavy atom. The van der Waals surface area contributed by atoms with Crippen LogP contribution in [-0.4, -0.2) is 15.0 Å². The van der Waals surface area contributed by atoms with Crippen LogP contribution in [-0.2, 0) is 21.9 Å². The lowest BCUT2D eigenvalue weighted by Crippen LogP contribution is -2.53. The summed E-state index contributed by atoms with van der Waals surface area (Å²) in [7, 11) is -3.88. The molecule has 4 rings (SSSR count). The largest absolute Gasteiger partial charge is 0.243 e. The molecular formula is C26H32Cl3NO2S. The van der Waals surface area contributed by atoms with Gasteiger partial charge in [-0.05, 0) is 77.2 Å². The zero-order chi connectivity index (χ0) is 24.2. The molecule has 1 fully saturated rings. The summed E-state index contributed by atoms with van der Waals surface area (Å²) in [4.78, 5) is -0.104. The van der Waals surface area contributed by atoms with Crippen molar-refractivity contribution in [3.63, 3.8) is 0 Å². The molecule has 2 aliphatic carbocycles. The van der Waals surface area contributed by atoms with Crippen molar-refractivity contribution in [2.45, 2.75) is 76.0 Å². The summed E-state index contributed by atoms with van der Waals surface area (Å²) < 4.78 is 29.2. The molecule has 180 valence electrons. The number of hydrogen-bond donors (Lipinski definition) is 1. The van der Waals surface area contributed by atoms with Crippen LogP contribution in [0.5, 0.6) is 0 Å². The highest BCUT2D eigenvalue weighted by Gasteiger charge is 2.51. The molecule has 0 radical (unpaired) electrons. The summed E-state index contributed by atoms with van der Waals surface area (Å²) in [5.41, 5.74) is 4.17. The Labute approximate surface area is 213 Å². The molecule has 1 N–H and O–H groups in total. The third-order valence-corrected chi connectivity index (χ3v) is 10.6. The second kappa shape index (κ2) is 9.02. The van der Waals surface area contributed by atoms with Gasteiger partial charge in [0.15, 0.2) is 0 Å². The van der Waals surface area contributed by atoms with E-state index in [9.17, 15) is 8.42 Å². The van der Waals surface area contributed by atoms with Crippen molar-refractivity contribution in [3.8, 4) is 0 Å². The molecule has 0 saturated heterocycles. The first-order chi connectivity index (χ1) is 15.4. The van der Waals surface area contributed by atoms with Crippen LogP contribution < -0.4 is 4.72 Å². The van der Waals surface area contributed by atoms with E-state index in [0.717, 1.165) is 32.1 Å². The van der Waals surface area contributed by atoms with Gasteiger partial charge in [-0.3, -0.25) is 0 Å². The quantitative estimate of drug-likeness (QED) is 0.431. The molecule has 2 aromatic carbocycles. The lowest BCUT2D eigenvalue weighted by Gasteiger charge is -2.55. The van der Waals surface area contributed by atoms with Crippen LogP contribution in [0.1, 0.15) is 76.0 Å². The molecular weight excluding hydrogens is 497 g/mol. The zero-order valence-electron chi connectivity index (χ0n) is 19.6. The van der Waals surface area contributed by atoms with Crippen molar-refractivity contribution in [2.75, 3.05) is 6.54 Å². The fraction of sp³-hybridized carbons (Fsp3) is 0.538. The summed E-state index contributed by atoms with van der Waals surface area (Å²) in [5.74, 6) is 0.897. The van der Waals surface area contributed by atoms with Crippen molar-refractivity contribution < 1.29 is 8.42 Å². The Balaban J connectivity index is 1.62. The maximum Gasteiger partial charge on any atom is 0.243 e. The second-order valence-corrected chi connectivity index (χ2v) is 13.6. The smallest absolute Gasteiger partial charge is 0.210 e. The predicted molar refractivity (Wildman–Crippen MR) is 138 cm³/mol.